The molecule has 0 saturated heterocycles. The number of para-hydroxylation sites is 1. The van der Waals surface area contributed by atoms with E-state index in [0.29, 0.717) is 45.9 Å². The maximum Gasteiger partial charge on any atom is 0.131 e. The summed E-state index contributed by atoms with van der Waals surface area (Å²) in [7, 11) is 0. The molecule has 2 N–H and O–H groups in total. The summed E-state index contributed by atoms with van der Waals surface area (Å²) in [6.45, 7) is 0. The van der Waals surface area contributed by atoms with Crippen molar-refractivity contribution >= 4 is 5.69 Å². The van der Waals surface area contributed by atoms with Crippen LogP contribution in [0.5, 0.6) is 46.0 Å². The van der Waals surface area contributed by atoms with Gasteiger partial charge in [-0.25, -0.2) is 0 Å². The molecule has 0 aromatic heterocycles. The van der Waals surface area contributed by atoms with Gasteiger partial charge in [-0.15, -0.1) is 0 Å². The first kappa shape index (κ1) is 21.9. The Morgan fingerprint density at radius 1 is 0.314 bits per heavy atom. The lowest BCUT2D eigenvalue weighted by Crippen LogP contribution is -1.90. The van der Waals surface area contributed by atoms with E-state index >= 15 is 0 Å². The molecule has 35 heavy (non-hydrogen) atoms. The molecular weight excluding hydrogens is 438 g/mol. The summed E-state index contributed by atoms with van der Waals surface area (Å²) in [4.78, 5) is 0. The first-order valence-electron chi connectivity index (χ1n) is 11.1. The van der Waals surface area contributed by atoms with Gasteiger partial charge in [0.15, 0.2) is 0 Å². The largest absolute Gasteiger partial charge is 0.457 e. The summed E-state index contributed by atoms with van der Waals surface area (Å²) in [5, 5.41) is 0. The fourth-order valence-corrected chi connectivity index (χ4v) is 3.41. The Kier molecular flexibility index (Phi) is 6.49. The van der Waals surface area contributed by atoms with Crippen LogP contribution in [-0.4, -0.2) is 0 Å². The fourth-order valence-electron chi connectivity index (χ4n) is 3.41. The van der Waals surface area contributed by atoms with E-state index < -0.39 is 0 Å². The van der Waals surface area contributed by atoms with Gasteiger partial charge in [-0.1, -0.05) is 42.5 Å². The average molecular weight is 462 g/mol. The van der Waals surface area contributed by atoms with Crippen LogP contribution in [0.15, 0.2) is 127 Å². The maximum atomic E-state index is 6.05. The Morgan fingerprint density at radius 3 is 1.03 bits per heavy atom. The number of nitrogens with two attached hydrogens (primary N) is 1. The predicted molar refractivity (Wildman–Crippen MR) is 137 cm³/mol. The van der Waals surface area contributed by atoms with Crippen LogP contribution >= 0.6 is 0 Å². The molecule has 172 valence electrons. The molecule has 0 saturated carbocycles. The Balaban J connectivity index is 1.26. The van der Waals surface area contributed by atoms with Crippen LogP contribution in [0.4, 0.5) is 5.69 Å². The second-order valence-corrected chi connectivity index (χ2v) is 7.72. The number of hydrogen-bond acceptors (Lipinski definition) is 5. The highest BCUT2D eigenvalue weighted by Crippen LogP contribution is 2.33. The number of anilines is 1. The highest BCUT2D eigenvalue weighted by atomic mass is 16.5. The number of nitrogen functional groups attached to an aromatic ring is 1. The third-order valence-corrected chi connectivity index (χ3v) is 4.96. The summed E-state index contributed by atoms with van der Waals surface area (Å²) >= 11 is 0. The van der Waals surface area contributed by atoms with E-state index in [0.717, 1.165) is 5.75 Å². The highest BCUT2D eigenvalue weighted by Gasteiger charge is 2.06. The van der Waals surface area contributed by atoms with Crippen molar-refractivity contribution in [3.8, 4) is 46.0 Å². The Morgan fingerprint density at radius 2 is 0.629 bits per heavy atom. The van der Waals surface area contributed by atoms with Gasteiger partial charge in [0.25, 0.3) is 0 Å². The zero-order valence-corrected chi connectivity index (χ0v) is 18.8. The molecule has 0 aliphatic rings. The van der Waals surface area contributed by atoms with E-state index in [1.54, 1.807) is 6.07 Å². The van der Waals surface area contributed by atoms with E-state index in [1.807, 2.05) is 121 Å². The molecule has 0 aliphatic carbocycles. The molecule has 0 bridgehead atoms. The summed E-state index contributed by atoms with van der Waals surface area (Å²) in [6.07, 6.45) is 0. The highest BCUT2D eigenvalue weighted by molar-refractivity contribution is 5.47. The van der Waals surface area contributed by atoms with Gasteiger partial charge < -0.3 is 24.7 Å². The minimum atomic E-state index is 0.639. The van der Waals surface area contributed by atoms with Crippen LogP contribution < -0.4 is 24.7 Å². The van der Waals surface area contributed by atoms with Crippen LogP contribution in [0.3, 0.4) is 0 Å². The van der Waals surface area contributed by atoms with Crippen molar-refractivity contribution in [1.29, 1.82) is 0 Å². The van der Waals surface area contributed by atoms with Gasteiger partial charge in [0, 0.05) is 30.0 Å². The standard InChI is InChI=1S/C30H23NO4/c31-22-8-4-11-24(18-22)33-26-13-6-15-28(20-26)35-30-17-7-16-29(21-30)34-27-14-5-12-25(19-27)32-23-9-2-1-3-10-23/h1-21H,31H2. The Hall–Kier alpha value is -4.90. The molecule has 0 unspecified atom stereocenters. The lowest BCUT2D eigenvalue weighted by molar-refractivity contribution is 0.447. The molecule has 5 nitrogen and oxygen atoms in total. The Labute approximate surface area is 203 Å². The van der Waals surface area contributed by atoms with Gasteiger partial charge in [-0.3, -0.25) is 0 Å². The number of hydrogen-bond donors (Lipinski definition) is 1. The maximum absolute atomic E-state index is 6.05. The van der Waals surface area contributed by atoms with Crippen molar-refractivity contribution in [2.75, 3.05) is 5.73 Å². The zero-order chi connectivity index (χ0) is 23.9. The first-order chi connectivity index (χ1) is 17.2. The molecule has 5 rings (SSSR count). The van der Waals surface area contributed by atoms with Gasteiger partial charge in [0.1, 0.15) is 46.0 Å². The van der Waals surface area contributed by atoms with Gasteiger partial charge in [-0.2, -0.15) is 0 Å². The second-order valence-electron chi connectivity index (χ2n) is 7.72. The van der Waals surface area contributed by atoms with Gasteiger partial charge in [0.05, 0.1) is 0 Å². The van der Waals surface area contributed by atoms with E-state index in [1.165, 1.54) is 0 Å². The smallest absolute Gasteiger partial charge is 0.131 e. The second kappa shape index (κ2) is 10.4. The molecule has 0 atom stereocenters. The molecule has 0 radical (unpaired) electrons. The summed E-state index contributed by atoms with van der Waals surface area (Å²) in [5.41, 5.74) is 6.48. The van der Waals surface area contributed by atoms with Crippen LogP contribution in [0.2, 0.25) is 0 Å². The summed E-state index contributed by atoms with van der Waals surface area (Å²) in [5.74, 6) is 5.36. The molecule has 5 aromatic rings. The average Bonchev–Trinajstić information content (AvgIpc) is 2.85. The normalized spacial score (nSPS) is 10.4. The van der Waals surface area contributed by atoms with E-state index in [4.69, 9.17) is 24.7 Å². The van der Waals surface area contributed by atoms with Crippen molar-refractivity contribution < 1.29 is 18.9 Å². The molecule has 0 amide bonds. The third-order valence-electron chi connectivity index (χ3n) is 4.96. The van der Waals surface area contributed by atoms with Gasteiger partial charge >= 0.3 is 0 Å². The molecule has 0 aliphatic heterocycles. The number of benzene rings is 5. The van der Waals surface area contributed by atoms with Crippen LogP contribution in [0.25, 0.3) is 0 Å². The van der Waals surface area contributed by atoms with E-state index in [2.05, 4.69) is 0 Å². The summed E-state index contributed by atoms with van der Waals surface area (Å²) in [6, 6.07) is 39.3. The first-order valence-corrected chi connectivity index (χ1v) is 11.1. The lowest BCUT2D eigenvalue weighted by atomic mass is 10.3. The number of ether oxygens (including phenoxy) is 4. The SMILES string of the molecule is Nc1cccc(Oc2cccc(Oc3cccc(Oc4cccc(Oc5ccccc5)c4)c3)c2)c1. The van der Waals surface area contributed by atoms with Crippen molar-refractivity contribution in [1.82, 2.24) is 0 Å². The third kappa shape index (κ3) is 6.12. The van der Waals surface area contributed by atoms with Crippen molar-refractivity contribution in [3.63, 3.8) is 0 Å². The van der Waals surface area contributed by atoms with E-state index in [-0.39, 0.29) is 0 Å². The topological polar surface area (TPSA) is 62.9 Å². The minimum Gasteiger partial charge on any atom is -0.457 e. The predicted octanol–water partition coefficient (Wildman–Crippen LogP) is 8.44. The van der Waals surface area contributed by atoms with Gasteiger partial charge in [-0.05, 0) is 60.7 Å². The molecule has 0 fully saturated rings. The summed E-state index contributed by atoms with van der Waals surface area (Å²) < 4.78 is 23.9. The van der Waals surface area contributed by atoms with Crippen LogP contribution in [0, 0.1) is 0 Å². The Bertz CT molecular complexity index is 1420. The van der Waals surface area contributed by atoms with Crippen molar-refractivity contribution in [2.45, 2.75) is 0 Å². The fraction of sp³-hybridized carbons (Fsp3) is 0. The quantitative estimate of drug-likeness (QED) is 0.235. The molecule has 5 heteroatoms. The molecule has 0 heterocycles. The van der Waals surface area contributed by atoms with Crippen molar-refractivity contribution in [2.24, 2.45) is 0 Å². The lowest BCUT2D eigenvalue weighted by Gasteiger charge is -2.12. The van der Waals surface area contributed by atoms with Crippen LogP contribution in [-0.2, 0) is 0 Å². The van der Waals surface area contributed by atoms with Crippen LogP contribution in [0.1, 0.15) is 0 Å². The van der Waals surface area contributed by atoms with E-state index in [9.17, 15) is 0 Å². The number of rotatable bonds is 8. The zero-order valence-electron chi connectivity index (χ0n) is 18.8. The van der Waals surface area contributed by atoms with Crippen molar-refractivity contribution in [3.05, 3.63) is 127 Å². The molecule has 0 spiro atoms. The monoisotopic (exact) mass is 461 g/mol. The minimum absolute atomic E-state index is 0.639. The van der Waals surface area contributed by atoms with Gasteiger partial charge in [0.2, 0.25) is 0 Å². The molecule has 5 aromatic carbocycles. The molecular formula is C30H23NO4.